The molecule has 0 aliphatic rings. The molecule has 0 spiro atoms. The smallest absolute Gasteiger partial charge is 0.396 e. The maximum Gasteiger partial charge on any atom is 0.452 e. The normalized spacial score (nSPS) is 12.3. The van der Waals surface area contributed by atoms with Crippen molar-refractivity contribution in [2.45, 2.75) is 6.18 Å². The maximum atomic E-state index is 12.4. The summed E-state index contributed by atoms with van der Waals surface area (Å²) in [7, 11) is 0. The fraction of sp³-hybridized carbons (Fsp3) is 0.143. The number of nitrogens with zero attached hydrogens (tertiary/aromatic N) is 3. The molecule has 0 saturated heterocycles. The molecule has 0 saturated carbocycles. The molecule has 0 aliphatic heterocycles. The predicted molar refractivity (Wildman–Crippen MR) is 47.4 cm³/mol. The summed E-state index contributed by atoms with van der Waals surface area (Å²) in [5, 5.41) is 6.44. The van der Waals surface area contributed by atoms with E-state index in [1.807, 2.05) is 0 Å². The van der Waals surface area contributed by atoms with Crippen molar-refractivity contribution >= 4 is 22.9 Å². The van der Waals surface area contributed by atoms with Gasteiger partial charge < -0.3 is 5.73 Å². The quantitative estimate of drug-likeness (QED) is 0.761. The molecule has 0 aromatic carbocycles. The van der Waals surface area contributed by atoms with Gasteiger partial charge in [0.15, 0.2) is 5.65 Å². The molecule has 0 amide bonds. The molecule has 80 valence electrons. The molecule has 2 aromatic heterocycles. The van der Waals surface area contributed by atoms with E-state index in [2.05, 4.69) is 10.2 Å². The van der Waals surface area contributed by atoms with Gasteiger partial charge in [0.05, 0.1) is 10.7 Å². The van der Waals surface area contributed by atoms with Crippen molar-refractivity contribution in [2.24, 2.45) is 0 Å². The van der Waals surface area contributed by atoms with Gasteiger partial charge in [-0.05, 0) is 6.07 Å². The third kappa shape index (κ3) is 1.58. The summed E-state index contributed by atoms with van der Waals surface area (Å²) in [5.74, 6) is -1.15. The van der Waals surface area contributed by atoms with Crippen molar-refractivity contribution in [3.63, 3.8) is 0 Å². The highest BCUT2D eigenvalue weighted by atomic mass is 35.5. The number of hydrogen-bond acceptors (Lipinski definition) is 3. The predicted octanol–water partition coefficient (Wildman–Crippen LogP) is 1.98. The third-order valence-corrected chi connectivity index (χ3v) is 1.96. The van der Waals surface area contributed by atoms with E-state index >= 15 is 0 Å². The van der Waals surface area contributed by atoms with Gasteiger partial charge in [0.2, 0.25) is 5.82 Å². The maximum absolute atomic E-state index is 12.4. The summed E-state index contributed by atoms with van der Waals surface area (Å²) in [6, 6.07) is 1.31. The number of rotatable bonds is 0. The van der Waals surface area contributed by atoms with Crippen LogP contribution >= 0.6 is 11.6 Å². The number of hydrogen-bond donors (Lipinski definition) is 1. The molecule has 0 radical (unpaired) electrons. The Labute approximate surface area is 86.5 Å². The van der Waals surface area contributed by atoms with Gasteiger partial charge in [0.1, 0.15) is 0 Å². The van der Waals surface area contributed by atoms with Crippen molar-refractivity contribution in [1.82, 2.24) is 14.6 Å². The minimum absolute atomic E-state index is 0.0468. The topological polar surface area (TPSA) is 56.2 Å². The van der Waals surface area contributed by atoms with Crippen LogP contribution in [0.2, 0.25) is 5.02 Å². The van der Waals surface area contributed by atoms with Crippen LogP contribution < -0.4 is 5.73 Å². The first-order chi connectivity index (χ1) is 6.89. The standard InChI is InChI=1S/C7H4ClF3N4/c8-3-1-4(12)5-13-14-6(7(9,10)11)15(5)2-3/h1-2H,12H2. The lowest BCUT2D eigenvalue weighted by Gasteiger charge is -2.04. The third-order valence-electron chi connectivity index (χ3n) is 1.75. The van der Waals surface area contributed by atoms with Crippen LogP contribution in [0.5, 0.6) is 0 Å². The van der Waals surface area contributed by atoms with E-state index in [4.69, 9.17) is 17.3 Å². The molecule has 15 heavy (non-hydrogen) atoms. The van der Waals surface area contributed by atoms with Crippen molar-refractivity contribution < 1.29 is 13.2 Å². The Bertz CT molecular complexity index is 519. The number of nitrogens with two attached hydrogens (primary N) is 1. The summed E-state index contributed by atoms with van der Waals surface area (Å²) >= 11 is 5.58. The Balaban J connectivity index is 2.80. The summed E-state index contributed by atoms with van der Waals surface area (Å²) in [5.41, 5.74) is 5.42. The summed E-state index contributed by atoms with van der Waals surface area (Å²) < 4.78 is 37.9. The molecule has 4 nitrogen and oxygen atoms in total. The van der Waals surface area contributed by atoms with Crippen LogP contribution in [0.4, 0.5) is 18.9 Å². The van der Waals surface area contributed by atoms with E-state index in [1.165, 1.54) is 6.07 Å². The Morgan fingerprint density at radius 2 is 2.00 bits per heavy atom. The SMILES string of the molecule is Nc1cc(Cl)cn2c(C(F)(F)F)nnc12. The van der Waals surface area contributed by atoms with Gasteiger partial charge in [-0.3, -0.25) is 4.40 Å². The fourth-order valence-electron chi connectivity index (χ4n) is 1.18. The molecule has 2 rings (SSSR count). The second kappa shape index (κ2) is 2.99. The lowest BCUT2D eigenvalue weighted by molar-refractivity contribution is -0.145. The van der Waals surface area contributed by atoms with Crippen LogP contribution in [-0.4, -0.2) is 14.6 Å². The molecular formula is C7H4ClF3N4. The minimum Gasteiger partial charge on any atom is -0.396 e. The number of nitrogen functional groups attached to an aromatic ring is 1. The molecular weight excluding hydrogens is 233 g/mol. The van der Waals surface area contributed by atoms with Crippen LogP contribution in [0, 0.1) is 0 Å². The van der Waals surface area contributed by atoms with Crippen molar-refractivity contribution in [2.75, 3.05) is 5.73 Å². The zero-order chi connectivity index (χ0) is 11.2. The summed E-state index contributed by atoms with van der Waals surface area (Å²) in [4.78, 5) is 0. The van der Waals surface area contributed by atoms with Gasteiger partial charge in [-0.2, -0.15) is 13.2 Å². The minimum atomic E-state index is -4.59. The zero-order valence-electron chi connectivity index (χ0n) is 7.09. The molecule has 2 aromatic rings. The number of aromatic nitrogens is 3. The largest absolute Gasteiger partial charge is 0.452 e. The Morgan fingerprint density at radius 1 is 1.33 bits per heavy atom. The number of fused-ring (bicyclic) bond motifs is 1. The number of halogens is 4. The molecule has 0 aliphatic carbocycles. The Morgan fingerprint density at radius 3 is 2.60 bits per heavy atom. The van der Waals surface area contributed by atoms with Crippen LogP contribution in [0.15, 0.2) is 12.3 Å². The molecule has 0 bridgehead atoms. The average Bonchev–Trinajstić information content (AvgIpc) is 2.45. The molecule has 2 N–H and O–H groups in total. The number of alkyl halides is 3. The van der Waals surface area contributed by atoms with Gasteiger partial charge >= 0.3 is 6.18 Å². The summed E-state index contributed by atoms with van der Waals surface area (Å²) in [6.45, 7) is 0. The molecule has 8 heteroatoms. The Hall–Kier alpha value is -1.50. The lowest BCUT2D eigenvalue weighted by Crippen LogP contribution is -2.10. The highest BCUT2D eigenvalue weighted by molar-refractivity contribution is 6.30. The second-order valence-corrected chi connectivity index (χ2v) is 3.27. The molecule has 0 atom stereocenters. The van der Waals surface area contributed by atoms with Gasteiger partial charge in [0, 0.05) is 6.20 Å². The molecule has 0 fully saturated rings. The van der Waals surface area contributed by atoms with Gasteiger partial charge in [0.25, 0.3) is 0 Å². The molecule has 2 heterocycles. The van der Waals surface area contributed by atoms with Gasteiger partial charge in [-0.1, -0.05) is 11.6 Å². The first kappa shape index (κ1) is 10.0. The van der Waals surface area contributed by atoms with E-state index in [-0.39, 0.29) is 16.4 Å². The number of anilines is 1. The van der Waals surface area contributed by atoms with Crippen molar-refractivity contribution in [3.05, 3.63) is 23.1 Å². The summed E-state index contributed by atoms with van der Waals surface area (Å²) in [6.07, 6.45) is -3.52. The van der Waals surface area contributed by atoms with Gasteiger partial charge in [-0.25, -0.2) is 0 Å². The highest BCUT2D eigenvalue weighted by Gasteiger charge is 2.37. The second-order valence-electron chi connectivity index (χ2n) is 2.83. The average molecular weight is 237 g/mol. The fourth-order valence-corrected chi connectivity index (χ4v) is 1.39. The van der Waals surface area contributed by atoms with Crippen LogP contribution in [0.25, 0.3) is 5.65 Å². The monoisotopic (exact) mass is 236 g/mol. The van der Waals surface area contributed by atoms with E-state index in [1.54, 1.807) is 0 Å². The van der Waals surface area contributed by atoms with E-state index in [9.17, 15) is 13.2 Å². The number of pyridine rings is 1. The van der Waals surface area contributed by atoms with Gasteiger partial charge in [-0.15, -0.1) is 10.2 Å². The van der Waals surface area contributed by atoms with E-state index in [0.29, 0.717) is 0 Å². The first-order valence-corrected chi connectivity index (χ1v) is 4.14. The van der Waals surface area contributed by atoms with E-state index < -0.39 is 12.0 Å². The first-order valence-electron chi connectivity index (χ1n) is 3.76. The van der Waals surface area contributed by atoms with Crippen LogP contribution in [0.3, 0.4) is 0 Å². The lowest BCUT2D eigenvalue weighted by atomic mass is 10.4. The van der Waals surface area contributed by atoms with Crippen LogP contribution in [-0.2, 0) is 6.18 Å². The highest BCUT2D eigenvalue weighted by Crippen LogP contribution is 2.29. The van der Waals surface area contributed by atoms with Crippen molar-refractivity contribution in [3.8, 4) is 0 Å². The van der Waals surface area contributed by atoms with E-state index in [0.717, 1.165) is 10.6 Å². The molecule has 0 unspecified atom stereocenters. The van der Waals surface area contributed by atoms with Crippen molar-refractivity contribution in [1.29, 1.82) is 0 Å². The van der Waals surface area contributed by atoms with Crippen LogP contribution in [0.1, 0.15) is 5.82 Å². The zero-order valence-corrected chi connectivity index (χ0v) is 7.84. The Kier molecular flexibility index (Phi) is 2.00.